The van der Waals surface area contributed by atoms with E-state index in [1.807, 2.05) is 34.1 Å². The number of hydrogen-bond donors (Lipinski definition) is 1. The van der Waals surface area contributed by atoms with Gasteiger partial charge in [-0.25, -0.2) is 4.39 Å². The average molecular weight is 370 g/mol. The zero-order valence-corrected chi connectivity index (χ0v) is 15.6. The Morgan fingerprint density at radius 2 is 2.00 bits per heavy atom. The molecule has 144 valence electrons. The number of benzene rings is 1. The summed E-state index contributed by atoms with van der Waals surface area (Å²) in [6.07, 6.45) is 7.46. The SMILES string of the molecule is O=C(N1CCC(CCn2cccn2)CC1)C1(Cc2ccccc2F)CNC1. The van der Waals surface area contributed by atoms with Crippen molar-refractivity contribution in [3.63, 3.8) is 0 Å². The van der Waals surface area contributed by atoms with Crippen molar-refractivity contribution in [2.75, 3.05) is 26.2 Å². The molecule has 5 nitrogen and oxygen atoms in total. The molecule has 2 aromatic rings. The molecule has 0 unspecified atom stereocenters. The summed E-state index contributed by atoms with van der Waals surface area (Å²) in [6, 6.07) is 8.76. The van der Waals surface area contributed by atoms with Crippen molar-refractivity contribution in [3.05, 3.63) is 54.1 Å². The first kappa shape index (κ1) is 18.2. The third-order valence-corrected chi connectivity index (χ3v) is 6.09. The van der Waals surface area contributed by atoms with Crippen LogP contribution in [0.5, 0.6) is 0 Å². The Balaban J connectivity index is 1.33. The number of likely N-dealkylation sites (tertiary alicyclic amines) is 1. The highest BCUT2D eigenvalue weighted by Crippen LogP contribution is 2.33. The molecule has 0 bridgehead atoms. The van der Waals surface area contributed by atoms with Crippen LogP contribution in [0.1, 0.15) is 24.8 Å². The van der Waals surface area contributed by atoms with Gasteiger partial charge in [0.2, 0.25) is 5.91 Å². The Labute approximate surface area is 159 Å². The number of nitrogens with zero attached hydrogens (tertiary/aromatic N) is 3. The molecule has 2 aliphatic heterocycles. The van der Waals surface area contributed by atoms with E-state index in [-0.39, 0.29) is 11.7 Å². The lowest BCUT2D eigenvalue weighted by Crippen LogP contribution is -2.63. The number of amides is 1. The molecule has 3 heterocycles. The maximum Gasteiger partial charge on any atom is 0.231 e. The smallest absolute Gasteiger partial charge is 0.231 e. The Morgan fingerprint density at radius 1 is 1.22 bits per heavy atom. The lowest BCUT2D eigenvalue weighted by atomic mass is 9.74. The summed E-state index contributed by atoms with van der Waals surface area (Å²) in [5, 5.41) is 7.48. The number of carbonyl (C=O) groups is 1. The van der Waals surface area contributed by atoms with Gasteiger partial charge in [0, 0.05) is 45.1 Å². The summed E-state index contributed by atoms with van der Waals surface area (Å²) < 4.78 is 16.1. The lowest BCUT2D eigenvalue weighted by Gasteiger charge is -2.46. The molecule has 27 heavy (non-hydrogen) atoms. The third kappa shape index (κ3) is 3.90. The predicted molar refractivity (Wildman–Crippen MR) is 102 cm³/mol. The molecule has 0 aliphatic carbocycles. The van der Waals surface area contributed by atoms with Crippen molar-refractivity contribution >= 4 is 5.91 Å². The van der Waals surface area contributed by atoms with Gasteiger partial charge in [0.15, 0.2) is 0 Å². The van der Waals surface area contributed by atoms with E-state index in [2.05, 4.69) is 10.4 Å². The van der Waals surface area contributed by atoms with E-state index in [9.17, 15) is 9.18 Å². The molecule has 0 spiro atoms. The van der Waals surface area contributed by atoms with Gasteiger partial charge in [-0.1, -0.05) is 18.2 Å². The number of aromatic nitrogens is 2. The quantitative estimate of drug-likeness (QED) is 0.850. The Hall–Kier alpha value is -2.21. The summed E-state index contributed by atoms with van der Waals surface area (Å²) in [5.74, 6) is 0.615. The van der Waals surface area contributed by atoms with Gasteiger partial charge < -0.3 is 10.2 Å². The molecule has 4 rings (SSSR count). The molecule has 1 amide bonds. The van der Waals surface area contributed by atoms with Crippen molar-refractivity contribution in [1.82, 2.24) is 20.0 Å². The van der Waals surface area contributed by atoms with Crippen LogP contribution in [0.25, 0.3) is 0 Å². The van der Waals surface area contributed by atoms with Gasteiger partial charge in [-0.3, -0.25) is 9.48 Å². The third-order valence-electron chi connectivity index (χ3n) is 6.09. The second-order valence-corrected chi connectivity index (χ2v) is 7.95. The molecule has 0 radical (unpaired) electrons. The summed E-state index contributed by atoms with van der Waals surface area (Å²) in [7, 11) is 0. The van der Waals surface area contributed by atoms with E-state index in [4.69, 9.17) is 0 Å². The molecular weight excluding hydrogens is 343 g/mol. The number of nitrogens with one attached hydrogen (secondary N) is 1. The standard InChI is InChI=1S/C21H27FN4O/c22-19-5-2-1-4-18(19)14-21(15-23-16-21)20(27)25-11-6-17(7-12-25)8-13-26-10-3-9-24-26/h1-5,9-10,17,23H,6-8,11-16H2. The van der Waals surface area contributed by atoms with Crippen molar-refractivity contribution in [2.45, 2.75) is 32.2 Å². The summed E-state index contributed by atoms with van der Waals surface area (Å²) in [4.78, 5) is 15.2. The van der Waals surface area contributed by atoms with E-state index >= 15 is 0 Å². The van der Waals surface area contributed by atoms with E-state index in [0.29, 0.717) is 31.0 Å². The lowest BCUT2D eigenvalue weighted by molar-refractivity contribution is -0.146. The molecule has 1 N–H and O–H groups in total. The van der Waals surface area contributed by atoms with Gasteiger partial charge in [0.1, 0.15) is 5.82 Å². The van der Waals surface area contributed by atoms with Crippen LogP contribution in [0.4, 0.5) is 4.39 Å². The number of aryl methyl sites for hydroxylation is 1. The van der Waals surface area contributed by atoms with Crippen molar-refractivity contribution in [1.29, 1.82) is 0 Å². The zero-order chi connectivity index (χ0) is 18.7. The first-order valence-corrected chi connectivity index (χ1v) is 9.87. The second-order valence-electron chi connectivity index (χ2n) is 7.95. The number of rotatable bonds is 6. The number of hydrogen-bond acceptors (Lipinski definition) is 3. The molecular formula is C21H27FN4O. The average Bonchev–Trinajstić information content (AvgIpc) is 3.18. The highest BCUT2D eigenvalue weighted by Gasteiger charge is 2.47. The fourth-order valence-electron chi connectivity index (χ4n) is 4.29. The van der Waals surface area contributed by atoms with Crippen LogP contribution in [0.15, 0.2) is 42.7 Å². The normalized spacial score (nSPS) is 19.7. The van der Waals surface area contributed by atoms with Crippen LogP contribution in [0.3, 0.4) is 0 Å². The number of carbonyl (C=O) groups excluding carboxylic acids is 1. The van der Waals surface area contributed by atoms with Crippen molar-refractivity contribution in [3.8, 4) is 0 Å². The van der Waals surface area contributed by atoms with Gasteiger partial charge in [0.05, 0.1) is 5.41 Å². The zero-order valence-electron chi connectivity index (χ0n) is 15.6. The van der Waals surface area contributed by atoms with Crippen LogP contribution in [0, 0.1) is 17.2 Å². The highest BCUT2D eigenvalue weighted by molar-refractivity contribution is 5.85. The van der Waals surface area contributed by atoms with Gasteiger partial charge in [-0.05, 0) is 49.3 Å². The molecule has 6 heteroatoms. The first-order valence-electron chi connectivity index (χ1n) is 9.87. The molecule has 0 atom stereocenters. The second kappa shape index (κ2) is 7.80. The fraction of sp³-hybridized carbons (Fsp3) is 0.524. The maximum absolute atomic E-state index is 14.1. The maximum atomic E-state index is 14.1. The minimum Gasteiger partial charge on any atom is -0.342 e. The summed E-state index contributed by atoms with van der Waals surface area (Å²) in [6.45, 7) is 3.83. The van der Waals surface area contributed by atoms with Gasteiger partial charge in [-0.2, -0.15) is 5.10 Å². The molecule has 1 aromatic carbocycles. The molecule has 2 fully saturated rings. The van der Waals surface area contributed by atoms with Crippen LogP contribution < -0.4 is 5.32 Å². The van der Waals surface area contributed by atoms with E-state index in [1.54, 1.807) is 12.1 Å². The molecule has 1 aromatic heterocycles. The minimum absolute atomic E-state index is 0.190. The van der Waals surface area contributed by atoms with Crippen LogP contribution >= 0.6 is 0 Å². The molecule has 0 saturated carbocycles. The Morgan fingerprint density at radius 3 is 2.63 bits per heavy atom. The Kier molecular flexibility index (Phi) is 5.25. The molecule has 2 aliphatic rings. The van der Waals surface area contributed by atoms with E-state index < -0.39 is 5.41 Å². The van der Waals surface area contributed by atoms with E-state index in [0.717, 1.165) is 38.9 Å². The summed E-state index contributed by atoms with van der Waals surface area (Å²) in [5.41, 5.74) is 0.158. The summed E-state index contributed by atoms with van der Waals surface area (Å²) >= 11 is 0. The fourth-order valence-corrected chi connectivity index (χ4v) is 4.29. The topological polar surface area (TPSA) is 50.2 Å². The van der Waals surface area contributed by atoms with Gasteiger partial charge in [0.25, 0.3) is 0 Å². The van der Waals surface area contributed by atoms with Crippen LogP contribution in [0.2, 0.25) is 0 Å². The van der Waals surface area contributed by atoms with Crippen molar-refractivity contribution in [2.24, 2.45) is 11.3 Å². The number of piperidine rings is 1. The van der Waals surface area contributed by atoms with Crippen LogP contribution in [-0.4, -0.2) is 46.8 Å². The van der Waals surface area contributed by atoms with E-state index in [1.165, 1.54) is 6.07 Å². The van der Waals surface area contributed by atoms with Gasteiger partial charge in [-0.15, -0.1) is 0 Å². The largest absolute Gasteiger partial charge is 0.342 e. The monoisotopic (exact) mass is 370 g/mol. The first-order chi connectivity index (χ1) is 13.2. The van der Waals surface area contributed by atoms with Crippen molar-refractivity contribution < 1.29 is 9.18 Å². The van der Waals surface area contributed by atoms with Crippen LogP contribution in [-0.2, 0) is 17.8 Å². The Bertz CT molecular complexity index is 764. The predicted octanol–water partition coefficient (Wildman–Crippen LogP) is 2.48. The minimum atomic E-state index is -0.482. The van der Waals surface area contributed by atoms with Gasteiger partial charge >= 0.3 is 0 Å². The highest BCUT2D eigenvalue weighted by atomic mass is 19.1. The number of halogens is 1. The molecule has 2 saturated heterocycles.